The number of hydrogen-bond donors (Lipinski definition) is 3. The first kappa shape index (κ1) is 21.0. The standard InChI is InChI=1S/C14H18BrN5O4.ClH/c1-22-10-6-8(5-9(15)12(10)23-2)7-17-3-4-18-14(21)11-13(16)20-24-19-11;/h5-6,17H,3-4,7H2,1-2H3,(H2,16,20)(H,18,21);1H/p-1. The van der Waals surface area contributed by atoms with Crippen LogP contribution in [0.4, 0.5) is 5.82 Å². The van der Waals surface area contributed by atoms with Crippen molar-refractivity contribution >= 4 is 27.7 Å². The minimum Gasteiger partial charge on any atom is -1.00 e. The lowest BCUT2D eigenvalue weighted by atomic mass is 10.2. The first-order chi connectivity index (χ1) is 11.6. The van der Waals surface area contributed by atoms with Gasteiger partial charge in [-0.1, -0.05) is 0 Å². The predicted octanol–water partition coefficient (Wildman–Crippen LogP) is -2.04. The SMILES string of the molecule is COc1cc(CNCCNC(=O)c2nonc2N)cc(Br)c1OC.[Cl-]. The van der Waals surface area contributed by atoms with Gasteiger partial charge in [0.15, 0.2) is 11.5 Å². The maximum atomic E-state index is 11.7. The summed E-state index contributed by atoms with van der Waals surface area (Å²) in [4.78, 5) is 11.7. The Hall–Kier alpha value is -2.04. The number of carbonyl (C=O) groups is 1. The summed E-state index contributed by atoms with van der Waals surface area (Å²) in [6, 6.07) is 3.83. The molecule has 0 atom stereocenters. The Morgan fingerprint density at radius 1 is 1.28 bits per heavy atom. The summed E-state index contributed by atoms with van der Waals surface area (Å²) in [7, 11) is 3.17. The zero-order chi connectivity index (χ0) is 17.5. The molecule has 9 nitrogen and oxygen atoms in total. The Morgan fingerprint density at radius 3 is 2.64 bits per heavy atom. The van der Waals surface area contributed by atoms with Gasteiger partial charge < -0.3 is 38.2 Å². The number of nitrogen functional groups attached to an aromatic ring is 1. The lowest BCUT2D eigenvalue weighted by Gasteiger charge is -2.12. The van der Waals surface area contributed by atoms with Crippen LogP contribution in [-0.2, 0) is 6.54 Å². The number of carbonyl (C=O) groups excluding carboxylic acids is 1. The Balaban J connectivity index is 0.00000312. The molecule has 4 N–H and O–H groups in total. The normalized spacial score (nSPS) is 10.0. The molecule has 1 aromatic carbocycles. The first-order valence-electron chi connectivity index (χ1n) is 7.04. The van der Waals surface area contributed by atoms with E-state index in [4.69, 9.17) is 15.2 Å². The summed E-state index contributed by atoms with van der Waals surface area (Å²) in [6.07, 6.45) is 0. The Labute approximate surface area is 159 Å². The van der Waals surface area contributed by atoms with Crippen molar-refractivity contribution in [3.05, 3.63) is 27.9 Å². The van der Waals surface area contributed by atoms with Crippen molar-refractivity contribution in [3.63, 3.8) is 0 Å². The topological polar surface area (TPSA) is 125 Å². The van der Waals surface area contributed by atoms with Gasteiger partial charge in [-0.2, -0.15) is 0 Å². The largest absolute Gasteiger partial charge is 1.00 e. The zero-order valence-electron chi connectivity index (χ0n) is 13.6. The molecule has 11 heteroatoms. The van der Waals surface area contributed by atoms with E-state index in [1.807, 2.05) is 12.1 Å². The van der Waals surface area contributed by atoms with E-state index in [1.54, 1.807) is 14.2 Å². The van der Waals surface area contributed by atoms with E-state index in [0.717, 1.165) is 10.0 Å². The van der Waals surface area contributed by atoms with Crippen molar-refractivity contribution < 1.29 is 31.3 Å². The number of aromatic nitrogens is 2. The average Bonchev–Trinajstić information content (AvgIpc) is 2.99. The monoisotopic (exact) mass is 434 g/mol. The Morgan fingerprint density at radius 2 is 2.04 bits per heavy atom. The summed E-state index contributed by atoms with van der Waals surface area (Å²) in [5, 5.41) is 12.7. The van der Waals surface area contributed by atoms with E-state index in [-0.39, 0.29) is 23.9 Å². The summed E-state index contributed by atoms with van der Waals surface area (Å²) in [5.41, 5.74) is 6.44. The van der Waals surface area contributed by atoms with Crippen molar-refractivity contribution in [1.29, 1.82) is 0 Å². The molecular weight excluding hydrogens is 418 g/mol. The molecule has 138 valence electrons. The van der Waals surface area contributed by atoms with Crippen molar-refractivity contribution in [1.82, 2.24) is 20.9 Å². The molecule has 0 unspecified atom stereocenters. The Kier molecular flexibility index (Phi) is 8.46. The quantitative estimate of drug-likeness (QED) is 0.405. The number of nitrogens with two attached hydrogens (primary N) is 1. The predicted molar refractivity (Wildman–Crippen MR) is 90.0 cm³/mol. The number of nitrogens with one attached hydrogen (secondary N) is 2. The van der Waals surface area contributed by atoms with E-state index in [0.29, 0.717) is 31.1 Å². The summed E-state index contributed by atoms with van der Waals surface area (Å²) >= 11 is 3.45. The van der Waals surface area contributed by atoms with Crippen molar-refractivity contribution in [3.8, 4) is 11.5 Å². The van der Waals surface area contributed by atoms with Gasteiger partial charge in [0, 0.05) is 19.6 Å². The lowest BCUT2D eigenvalue weighted by molar-refractivity contribution is -0.0000143. The van der Waals surface area contributed by atoms with Gasteiger partial charge in [0.2, 0.25) is 11.5 Å². The maximum Gasteiger partial charge on any atom is 0.277 e. The van der Waals surface area contributed by atoms with E-state index in [1.165, 1.54) is 0 Å². The van der Waals surface area contributed by atoms with E-state index < -0.39 is 5.91 Å². The number of rotatable bonds is 8. The molecule has 0 spiro atoms. The van der Waals surface area contributed by atoms with Gasteiger partial charge >= 0.3 is 0 Å². The second-order valence-corrected chi connectivity index (χ2v) is 5.60. The van der Waals surface area contributed by atoms with Gasteiger partial charge in [0.05, 0.1) is 18.7 Å². The number of benzene rings is 1. The number of anilines is 1. The molecule has 2 aromatic rings. The second kappa shape index (κ2) is 10.1. The van der Waals surface area contributed by atoms with Gasteiger partial charge in [-0.3, -0.25) is 4.79 Å². The molecule has 1 amide bonds. The third-order valence-electron chi connectivity index (χ3n) is 3.14. The maximum absolute atomic E-state index is 11.7. The fraction of sp³-hybridized carbons (Fsp3) is 0.357. The number of nitrogens with zero attached hydrogens (tertiary/aromatic N) is 2. The molecule has 0 bridgehead atoms. The van der Waals surface area contributed by atoms with Crippen molar-refractivity contribution in [2.75, 3.05) is 33.0 Å². The smallest absolute Gasteiger partial charge is 0.277 e. The van der Waals surface area contributed by atoms with Crippen LogP contribution in [0.5, 0.6) is 11.5 Å². The first-order valence-corrected chi connectivity index (χ1v) is 7.83. The van der Waals surface area contributed by atoms with Gasteiger partial charge in [-0.05, 0) is 43.9 Å². The molecule has 0 fully saturated rings. The molecule has 0 aliphatic rings. The highest BCUT2D eigenvalue weighted by atomic mass is 79.9. The number of amides is 1. The van der Waals surface area contributed by atoms with Crippen LogP contribution in [0.3, 0.4) is 0 Å². The van der Waals surface area contributed by atoms with Gasteiger partial charge in [0.1, 0.15) is 0 Å². The number of halogens is 2. The lowest BCUT2D eigenvalue weighted by Crippen LogP contribution is -3.00. The highest BCUT2D eigenvalue weighted by Gasteiger charge is 2.15. The van der Waals surface area contributed by atoms with Crippen LogP contribution in [0.15, 0.2) is 21.2 Å². The molecule has 1 aromatic heterocycles. The van der Waals surface area contributed by atoms with Crippen LogP contribution in [0.25, 0.3) is 0 Å². The van der Waals surface area contributed by atoms with E-state index >= 15 is 0 Å². The fourth-order valence-corrected chi connectivity index (χ4v) is 2.66. The third kappa shape index (κ3) is 5.48. The number of ether oxygens (including phenoxy) is 2. The van der Waals surface area contributed by atoms with Crippen LogP contribution in [-0.4, -0.2) is 43.5 Å². The Bertz CT molecular complexity index is 713. The van der Waals surface area contributed by atoms with Crippen LogP contribution < -0.4 is 38.2 Å². The highest BCUT2D eigenvalue weighted by molar-refractivity contribution is 9.10. The highest BCUT2D eigenvalue weighted by Crippen LogP contribution is 2.36. The summed E-state index contributed by atoms with van der Waals surface area (Å²) in [6.45, 7) is 1.56. The molecular formula is C14H18BrClN5O4-. The third-order valence-corrected chi connectivity index (χ3v) is 3.73. The van der Waals surface area contributed by atoms with Crippen LogP contribution in [0, 0.1) is 0 Å². The van der Waals surface area contributed by atoms with Crippen LogP contribution in [0.1, 0.15) is 16.1 Å². The number of methoxy groups -OCH3 is 2. The minimum absolute atomic E-state index is 0. The van der Waals surface area contributed by atoms with Crippen molar-refractivity contribution in [2.45, 2.75) is 6.54 Å². The van der Waals surface area contributed by atoms with Gasteiger partial charge in [-0.25, -0.2) is 4.63 Å². The summed E-state index contributed by atoms with van der Waals surface area (Å²) < 4.78 is 15.7. The average molecular weight is 436 g/mol. The van der Waals surface area contributed by atoms with E-state index in [9.17, 15) is 4.79 Å². The second-order valence-electron chi connectivity index (χ2n) is 4.74. The molecule has 25 heavy (non-hydrogen) atoms. The molecule has 0 aliphatic carbocycles. The van der Waals surface area contributed by atoms with Crippen molar-refractivity contribution in [2.24, 2.45) is 0 Å². The minimum atomic E-state index is -0.426. The van der Waals surface area contributed by atoms with Crippen LogP contribution >= 0.6 is 15.9 Å². The van der Waals surface area contributed by atoms with Crippen LogP contribution in [0.2, 0.25) is 0 Å². The zero-order valence-corrected chi connectivity index (χ0v) is 16.0. The summed E-state index contributed by atoms with van der Waals surface area (Å²) in [5.74, 6) is 0.832. The molecule has 0 saturated heterocycles. The molecule has 0 aliphatic heterocycles. The van der Waals surface area contributed by atoms with Gasteiger partial charge in [-0.15, -0.1) is 0 Å². The number of hydrogen-bond acceptors (Lipinski definition) is 8. The molecule has 0 radical (unpaired) electrons. The molecule has 2 rings (SSSR count). The van der Waals surface area contributed by atoms with Gasteiger partial charge in [0.25, 0.3) is 5.91 Å². The molecule has 1 heterocycles. The fourth-order valence-electron chi connectivity index (χ4n) is 2.01. The van der Waals surface area contributed by atoms with E-state index in [2.05, 4.69) is 41.5 Å². The molecule has 0 saturated carbocycles.